The lowest BCUT2D eigenvalue weighted by molar-refractivity contribution is 0.0600. The van der Waals surface area contributed by atoms with Gasteiger partial charge in [0, 0.05) is 16.3 Å². The lowest BCUT2D eigenvalue weighted by Gasteiger charge is -2.10. The predicted molar refractivity (Wildman–Crippen MR) is 84.8 cm³/mol. The maximum absolute atomic E-state index is 11.4. The summed E-state index contributed by atoms with van der Waals surface area (Å²) in [7, 11) is 1.39. The van der Waals surface area contributed by atoms with Crippen LogP contribution in [0.3, 0.4) is 0 Å². The van der Waals surface area contributed by atoms with Gasteiger partial charge in [0.1, 0.15) is 0 Å². The molecule has 0 bridgehead atoms. The molecule has 0 spiro atoms. The van der Waals surface area contributed by atoms with Crippen LogP contribution in [-0.4, -0.2) is 31.1 Å². The smallest absolute Gasteiger partial charge is 0.337 e. The van der Waals surface area contributed by atoms with Crippen LogP contribution < -0.4 is 5.32 Å². The average molecular weight is 346 g/mol. The SMILES string of the molecule is COC(=O)c1ccc(CNCCC(C)SC)c(Br)c1. The number of ether oxygens (including phenoxy) is 1. The second-order valence-electron chi connectivity index (χ2n) is 4.31. The van der Waals surface area contributed by atoms with Crippen molar-refractivity contribution < 1.29 is 9.53 Å². The Morgan fingerprint density at radius 2 is 2.26 bits per heavy atom. The number of benzene rings is 1. The predicted octanol–water partition coefficient (Wildman–Crippen LogP) is 3.47. The minimum atomic E-state index is -0.311. The van der Waals surface area contributed by atoms with Crippen molar-refractivity contribution in [3.05, 3.63) is 33.8 Å². The highest BCUT2D eigenvalue weighted by atomic mass is 79.9. The fourth-order valence-electron chi connectivity index (χ4n) is 1.58. The van der Waals surface area contributed by atoms with Crippen molar-refractivity contribution in [2.45, 2.75) is 25.1 Å². The highest BCUT2D eigenvalue weighted by Crippen LogP contribution is 2.19. The molecule has 5 heteroatoms. The van der Waals surface area contributed by atoms with E-state index in [1.54, 1.807) is 12.1 Å². The molecule has 19 heavy (non-hydrogen) atoms. The average Bonchev–Trinajstić information content (AvgIpc) is 2.43. The summed E-state index contributed by atoms with van der Waals surface area (Å²) in [4.78, 5) is 11.4. The number of hydrogen-bond donors (Lipinski definition) is 1. The minimum Gasteiger partial charge on any atom is -0.465 e. The number of methoxy groups -OCH3 is 1. The van der Waals surface area contributed by atoms with Crippen molar-refractivity contribution in [3.63, 3.8) is 0 Å². The fourth-order valence-corrected chi connectivity index (χ4v) is 2.45. The molecule has 0 aliphatic rings. The molecule has 1 aromatic carbocycles. The van der Waals surface area contributed by atoms with E-state index in [1.165, 1.54) is 7.11 Å². The van der Waals surface area contributed by atoms with Crippen LogP contribution >= 0.6 is 27.7 Å². The molecule has 0 heterocycles. The second-order valence-corrected chi connectivity index (χ2v) is 6.44. The Labute approximate surface area is 127 Å². The highest BCUT2D eigenvalue weighted by molar-refractivity contribution is 9.10. The molecule has 0 amide bonds. The Bertz CT molecular complexity index is 426. The first-order valence-electron chi connectivity index (χ1n) is 6.18. The van der Waals surface area contributed by atoms with Crippen molar-refractivity contribution in [1.29, 1.82) is 0 Å². The van der Waals surface area contributed by atoms with Crippen molar-refractivity contribution in [2.75, 3.05) is 19.9 Å². The topological polar surface area (TPSA) is 38.3 Å². The lowest BCUT2D eigenvalue weighted by Crippen LogP contribution is -2.18. The third-order valence-electron chi connectivity index (χ3n) is 2.92. The number of thioether (sulfide) groups is 1. The molecule has 0 fully saturated rings. The highest BCUT2D eigenvalue weighted by Gasteiger charge is 2.08. The van der Waals surface area contributed by atoms with E-state index in [1.807, 2.05) is 17.8 Å². The largest absolute Gasteiger partial charge is 0.465 e. The monoisotopic (exact) mass is 345 g/mol. The molecule has 0 aliphatic heterocycles. The van der Waals surface area contributed by atoms with E-state index in [-0.39, 0.29) is 5.97 Å². The molecule has 1 atom stereocenters. The van der Waals surface area contributed by atoms with Gasteiger partial charge in [-0.3, -0.25) is 0 Å². The van der Waals surface area contributed by atoms with Crippen LogP contribution in [0.4, 0.5) is 0 Å². The van der Waals surface area contributed by atoms with Crippen molar-refractivity contribution in [2.24, 2.45) is 0 Å². The Balaban J connectivity index is 2.49. The molecule has 0 saturated carbocycles. The summed E-state index contributed by atoms with van der Waals surface area (Å²) in [5, 5.41) is 4.09. The molecule has 0 aromatic heterocycles. The third kappa shape index (κ3) is 5.55. The van der Waals surface area contributed by atoms with Crippen LogP contribution in [0.15, 0.2) is 22.7 Å². The van der Waals surface area contributed by atoms with Crippen molar-refractivity contribution >= 4 is 33.7 Å². The standard InChI is InChI=1S/C14H20BrNO2S/c1-10(19-3)6-7-16-9-12-5-4-11(8-13(12)15)14(17)18-2/h4-5,8,10,16H,6-7,9H2,1-3H3. The summed E-state index contributed by atoms with van der Waals surface area (Å²) >= 11 is 5.37. The summed E-state index contributed by atoms with van der Waals surface area (Å²) in [6, 6.07) is 5.53. The summed E-state index contributed by atoms with van der Waals surface area (Å²) in [5.41, 5.74) is 1.71. The van der Waals surface area contributed by atoms with Crippen LogP contribution in [0.25, 0.3) is 0 Å². The molecule has 1 unspecified atom stereocenters. The normalized spacial score (nSPS) is 12.2. The third-order valence-corrected chi connectivity index (χ3v) is 4.70. The van der Waals surface area contributed by atoms with Crippen LogP contribution in [0, 0.1) is 0 Å². The maximum Gasteiger partial charge on any atom is 0.337 e. The number of carbonyl (C=O) groups excluding carboxylic acids is 1. The van der Waals surface area contributed by atoms with Gasteiger partial charge in [-0.2, -0.15) is 11.8 Å². The number of carbonyl (C=O) groups is 1. The van der Waals surface area contributed by atoms with E-state index in [2.05, 4.69) is 34.4 Å². The molecule has 0 saturated heterocycles. The van der Waals surface area contributed by atoms with E-state index in [0.29, 0.717) is 10.8 Å². The number of esters is 1. The molecule has 0 radical (unpaired) electrons. The van der Waals surface area contributed by atoms with Crippen LogP contribution in [-0.2, 0) is 11.3 Å². The van der Waals surface area contributed by atoms with Crippen molar-refractivity contribution in [3.8, 4) is 0 Å². The van der Waals surface area contributed by atoms with Gasteiger partial charge in [-0.15, -0.1) is 0 Å². The van der Waals surface area contributed by atoms with E-state index >= 15 is 0 Å². The quantitative estimate of drug-likeness (QED) is 0.606. The summed E-state index contributed by atoms with van der Waals surface area (Å²) in [6.07, 6.45) is 3.28. The number of hydrogen-bond acceptors (Lipinski definition) is 4. The summed E-state index contributed by atoms with van der Waals surface area (Å²) < 4.78 is 5.62. The van der Waals surface area contributed by atoms with Gasteiger partial charge in [-0.05, 0) is 36.9 Å². The Kier molecular flexibility index (Phi) is 7.49. The Hall–Kier alpha value is -0.520. The molecular formula is C14H20BrNO2S. The van der Waals surface area contributed by atoms with Gasteiger partial charge in [-0.1, -0.05) is 28.9 Å². The minimum absolute atomic E-state index is 0.311. The summed E-state index contributed by atoms with van der Waals surface area (Å²) in [5.74, 6) is -0.311. The zero-order chi connectivity index (χ0) is 14.3. The molecule has 1 N–H and O–H groups in total. The van der Waals surface area contributed by atoms with Gasteiger partial charge in [0.2, 0.25) is 0 Å². The van der Waals surface area contributed by atoms with Gasteiger partial charge >= 0.3 is 5.97 Å². The zero-order valence-electron chi connectivity index (χ0n) is 11.5. The van der Waals surface area contributed by atoms with Crippen LogP contribution in [0.1, 0.15) is 29.3 Å². The molecule has 0 aliphatic carbocycles. The Morgan fingerprint density at radius 1 is 1.53 bits per heavy atom. The van der Waals surface area contributed by atoms with Gasteiger partial charge in [0.05, 0.1) is 12.7 Å². The van der Waals surface area contributed by atoms with Crippen molar-refractivity contribution in [1.82, 2.24) is 5.32 Å². The molecule has 1 aromatic rings. The number of halogens is 1. The van der Waals surface area contributed by atoms with E-state index < -0.39 is 0 Å². The Morgan fingerprint density at radius 3 is 2.84 bits per heavy atom. The van der Waals surface area contributed by atoms with Gasteiger partial charge < -0.3 is 10.1 Å². The van der Waals surface area contributed by atoms with Crippen LogP contribution in [0.5, 0.6) is 0 Å². The lowest BCUT2D eigenvalue weighted by atomic mass is 10.1. The van der Waals surface area contributed by atoms with E-state index in [0.717, 1.165) is 29.5 Å². The molecule has 106 valence electrons. The molecule has 1 rings (SSSR count). The molecule has 3 nitrogen and oxygen atoms in total. The fraction of sp³-hybridized carbons (Fsp3) is 0.500. The first kappa shape index (κ1) is 16.5. The summed E-state index contributed by atoms with van der Waals surface area (Å²) in [6.45, 7) is 4.02. The van der Waals surface area contributed by atoms with Gasteiger partial charge in [-0.25, -0.2) is 4.79 Å². The zero-order valence-corrected chi connectivity index (χ0v) is 13.9. The molecular weight excluding hydrogens is 326 g/mol. The first-order chi connectivity index (χ1) is 9.08. The number of rotatable bonds is 7. The van der Waals surface area contributed by atoms with Gasteiger partial charge in [0.15, 0.2) is 0 Å². The number of nitrogens with one attached hydrogen (secondary N) is 1. The van der Waals surface area contributed by atoms with E-state index in [4.69, 9.17) is 4.74 Å². The van der Waals surface area contributed by atoms with Gasteiger partial charge in [0.25, 0.3) is 0 Å². The van der Waals surface area contributed by atoms with E-state index in [9.17, 15) is 4.79 Å². The second kappa shape index (κ2) is 8.61. The first-order valence-corrected chi connectivity index (χ1v) is 8.26. The maximum atomic E-state index is 11.4. The van der Waals surface area contributed by atoms with Crippen LogP contribution in [0.2, 0.25) is 0 Å².